The van der Waals surface area contributed by atoms with E-state index >= 15 is 0 Å². The summed E-state index contributed by atoms with van der Waals surface area (Å²) in [6.07, 6.45) is 4.08. The average Bonchev–Trinajstić information content (AvgIpc) is 2.34. The van der Waals surface area contributed by atoms with Gasteiger partial charge < -0.3 is 5.11 Å². The topological polar surface area (TPSA) is 20.2 Å². The molecule has 1 saturated carbocycles. The predicted molar refractivity (Wildman–Crippen MR) is 42.8 cm³/mol. The van der Waals surface area contributed by atoms with Gasteiger partial charge in [0.2, 0.25) is 0 Å². The fourth-order valence-electron chi connectivity index (χ4n) is 2.15. The first-order valence-corrected chi connectivity index (χ1v) is 4.36. The standard InChI is InChI=1S/C9H18O/c1-7-4-3-5-9(7)8(2)6-10/h7-10H,3-6H2,1-2H3. The molecule has 60 valence electrons. The van der Waals surface area contributed by atoms with Crippen molar-refractivity contribution in [2.24, 2.45) is 17.8 Å². The molecule has 0 bridgehead atoms. The fraction of sp³-hybridized carbons (Fsp3) is 1.00. The zero-order valence-corrected chi connectivity index (χ0v) is 7.01. The monoisotopic (exact) mass is 142 g/mol. The minimum Gasteiger partial charge on any atom is -0.396 e. The molecule has 3 atom stereocenters. The summed E-state index contributed by atoms with van der Waals surface area (Å²) in [5, 5.41) is 8.91. The smallest absolute Gasteiger partial charge is 0.0459 e. The molecule has 10 heavy (non-hydrogen) atoms. The Kier molecular flexibility index (Phi) is 2.72. The molecule has 1 fully saturated rings. The quantitative estimate of drug-likeness (QED) is 0.625. The Balaban J connectivity index is 2.38. The molecule has 1 rings (SSSR count). The maximum atomic E-state index is 8.91. The van der Waals surface area contributed by atoms with E-state index < -0.39 is 0 Å². The molecule has 0 aliphatic heterocycles. The van der Waals surface area contributed by atoms with Gasteiger partial charge >= 0.3 is 0 Å². The highest BCUT2D eigenvalue weighted by molar-refractivity contribution is 4.77. The fourth-order valence-corrected chi connectivity index (χ4v) is 2.15. The Bertz CT molecular complexity index is 101. The minimum absolute atomic E-state index is 0.370. The van der Waals surface area contributed by atoms with Crippen LogP contribution in [0.2, 0.25) is 0 Å². The van der Waals surface area contributed by atoms with E-state index in [9.17, 15) is 0 Å². The number of aliphatic hydroxyl groups is 1. The number of rotatable bonds is 2. The van der Waals surface area contributed by atoms with Crippen LogP contribution in [-0.4, -0.2) is 11.7 Å². The highest BCUT2D eigenvalue weighted by Gasteiger charge is 2.27. The van der Waals surface area contributed by atoms with Gasteiger partial charge in [0.15, 0.2) is 0 Å². The van der Waals surface area contributed by atoms with E-state index in [1.54, 1.807) is 0 Å². The van der Waals surface area contributed by atoms with Gasteiger partial charge in [-0.15, -0.1) is 0 Å². The van der Waals surface area contributed by atoms with E-state index in [-0.39, 0.29) is 0 Å². The van der Waals surface area contributed by atoms with Gasteiger partial charge in [0.1, 0.15) is 0 Å². The van der Waals surface area contributed by atoms with Gasteiger partial charge in [-0.3, -0.25) is 0 Å². The van der Waals surface area contributed by atoms with Crippen molar-refractivity contribution in [3.05, 3.63) is 0 Å². The Labute approximate surface area is 63.4 Å². The van der Waals surface area contributed by atoms with E-state index in [4.69, 9.17) is 5.11 Å². The van der Waals surface area contributed by atoms with Crippen LogP contribution < -0.4 is 0 Å². The lowest BCUT2D eigenvalue weighted by molar-refractivity contribution is 0.168. The highest BCUT2D eigenvalue weighted by atomic mass is 16.3. The van der Waals surface area contributed by atoms with Crippen molar-refractivity contribution in [1.29, 1.82) is 0 Å². The summed E-state index contributed by atoms with van der Waals surface area (Å²) in [5.74, 6) is 2.17. The SMILES string of the molecule is CC(CO)C1CCCC1C. The van der Waals surface area contributed by atoms with Crippen LogP contribution in [0.5, 0.6) is 0 Å². The van der Waals surface area contributed by atoms with Gasteiger partial charge in [0.05, 0.1) is 0 Å². The Morgan fingerprint density at radius 3 is 2.60 bits per heavy atom. The van der Waals surface area contributed by atoms with Gasteiger partial charge in [-0.2, -0.15) is 0 Å². The van der Waals surface area contributed by atoms with Crippen molar-refractivity contribution in [2.75, 3.05) is 6.61 Å². The molecule has 0 saturated heterocycles. The molecule has 1 aliphatic carbocycles. The van der Waals surface area contributed by atoms with E-state index in [2.05, 4.69) is 13.8 Å². The summed E-state index contributed by atoms with van der Waals surface area (Å²) in [5.41, 5.74) is 0. The summed E-state index contributed by atoms with van der Waals surface area (Å²) in [7, 11) is 0. The van der Waals surface area contributed by atoms with Crippen LogP contribution in [-0.2, 0) is 0 Å². The average molecular weight is 142 g/mol. The van der Waals surface area contributed by atoms with Gasteiger partial charge in [0.25, 0.3) is 0 Å². The maximum Gasteiger partial charge on any atom is 0.0459 e. The van der Waals surface area contributed by atoms with E-state index in [0.29, 0.717) is 12.5 Å². The predicted octanol–water partition coefficient (Wildman–Crippen LogP) is 2.05. The maximum absolute atomic E-state index is 8.91. The van der Waals surface area contributed by atoms with Crippen LogP contribution >= 0.6 is 0 Å². The molecule has 0 radical (unpaired) electrons. The number of hydrogen-bond donors (Lipinski definition) is 1. The molecule has 0 amide bonds. The molecule has 0 aromatic carbocycles. The third kappa shape index (κ3) is 1.51. The Morgan fingerprint density at radius 1 is 1.50 bits per heavy atom. The van der Waals surface area contributed by atoms with Gasteiger partial charge in [-0.25, -0.2) is 0 Å². The molecule has 0 aromatic heterocycles. The van der Waals surface area contributed by atoms with E-state index in [0.717, 1.165) is 11.8 Å². The minimum atomic E-state index is 0.370. The largest absolute Gasteiger partial charge is 0.396 e. The lowest BCUT2D eigenvalue weighted by Gasteiger charge is -2.20. The van der Waals surface area contributed by atoms with Crippen LogP contribution in [0.1, 0.15) is 33.1 Å². The first-order valence-electron chi connectivity index (χ1n) is 4.36. The lowest BCUT2D eigenvalue weighted by Crippen LogP contribution is -2.17. The van der Waals surface area contributed by atoms with Crippen LogP contribution in [0.15, 0.2) is 0 Å². The summed E-state index contributed by atoms with van der Waals surface area (Å²) in [6.45, 7) is 4.84. The second-order valence-corrected chi connectivity index (χ2v) is 3.73. The second kappa shape index (κ2) is 3.38. The highest BCUT2D eigenvalue weighted by Crippen LogP contribution is 2.36. The summed E-state index contributed by atoms with van der Waals surface area (Å²) < 4.78 is 0. The van der Waals surface area contributed by atoms with Crippen molar-refractivity contribution in [3.63, 3.8) is 0 Å². The Hall–Kier alpha value is -0.0400. The molecule has 1 nitrogen and oxygen atoms in total. The van der Waals surface area contributed by atoms with Crippen molar-refractivity contribution < 1.29 is 5.11 Å². The second-order valence-electron chi connectivity index (χ2n) is 3.73. The van der Waals surface area contributed by atoms with Crippen LogP contribution in [0.25, 0.3) is 0 Å². The van der Waals surface area contributed by atoms with Gasteiger partial charge in [-0.05, 0) is 24.2 Å². The zero-order valence-electron chi connectivity index (χ0n) is 7.01. The number of aliphatic hydroxyl groups excluding tert-OH is 1. The lowest BCUT2D eigenvalue weighted by atomic mass is 9.87. The first-order chi connectivity index (χ1) is 4.75. The molecule has 1 N–H and O–H groups in total. The van der Waals surface area contributed by atoms with Crippen molar-refractivity contribution in [1.82, 2.24) is 0 Å². The summed E-state index contributed by atoms with van der Waals surface area (Å²) in [4.78, 5) is 0. The van der Waals surface area contributed by atoms with E-state index in [1.807, 2.05) is 0 Å². The Morgan fingerprint density at radius 2 is 2.20 bits per heavy atom. The van der Waals surface area contributed by atoms with Crippen LogP contribution in [0.3, 0.4) is 0 Å². The first kappa shape index (κ1) is 8.06. The summed E-state index contributed by atoms with van der Waals surface area (Å²) >= 11 is 0. The molecule has 0 spiro atoms. The zero-order chi connectivity index (χ0) is 7.56. The molecule has 0 heterocycles. The van der Waals surface area contributed by atoms with E-state index in [1.165, 1.54) is 19.3 Å². The molecule has 3 unspecified atom stereocenters. The van der Waals surface area contributed by atoms with Crippen molar-refractivity contribution in [2.45, 2.75) is 33.1 Å². The molecular weight excluding hydrogens is 124 g/mol. The third-order valence-corrected chi connectivity index (χ3v) is 2.95. The van der Waals surface area contributed by atoms with Crippen molar-refractivity contribution in [3.8, 4) is 0 Å². The molecular formula is C9H18O. The third-order valence-electron chi connectivity index (χ3n) is 2.95. The van der Waals surface area contributed by atoms with Gasteiger partial charge in [0, 0.05) is 6.61 Å². The normalized spacial score (nSPS) is 36.3. The number of hydrogen-bond acceptors (Lipinski definition) is 1. The van der Waals surface area contributed by atoms with Gasteiger partial charge in [-0.1, -0.05) is 26.7 Å². The summed E-state index contributed by atoms with van der Waals surface area (Å²) in [6, 6.07) is 0. The molecule has 1 aliphatic rings. The van der Waals surface area contributed by atoms with Crippen LogP contribution in [0.4, 0.5) is 0 Å². The van der Waals surface area contributed by atoms with Crippen molar-refractivity contribution >= 4 is 0 Å². The molecule has 1 heteroatoms. The van der Waals surface area contributed by atoms with Crippen LogP contribution in [0, 0.1) is 17.8 Å². The molecule has 0 aromatic rings.